The molecule has 112 valence electrons. The zero-order valence-corrected chi connectivity index (χ0v) is 12.7. The second kappa shape index (κ2) is 7.99. The highest BCUT2D eigenvalue weighted by atomic mass is 16.4. The summed E-state index contributed by atoms with van der Waals surface area (Å²) in [7, 11) is 2.01. The Morgan fingerprint density at radius 3 is 2.32 bits per heavy atom. The number of likely N-dealkylation sites (N-methyl/N-ethyl adjacent to an activating group) is 1. The van der Waals surface area contributed by atoms with Gasteiger partial charge in [0.25, 0.3) is 0 Å². The minimum atomic E-state index is -0.912. The first-order valence-electron chi connectivity index (χ1n) is 6.82. The van der Waals surface area contributed by atoms with E-state index in [4.69, 9.17) is 10.9 Å². The maximum atomic E-state index is 12.3. The number of oxime groups is 1. The van der Waals surface area contributed by atoms with Gasteiger partial charge in [0.2, 0.25) is 5.91 Å². The molecule has 0 aromatic rings. The molecule has 0 aromatic heterocycles. The number of hydrogen-bond acceptors (Lipinski definition) is 4. The minimum Gasteiger partial charge on any atom is -0.409 e. The van der Waals surface area contributed by atoms with Crippen LogP contribution in [0.15, 0.2) is 5.16 Å². The van der Waals surface area contributed by atoms with Crippen LogP contribution in [0.5, 0.6) is 0 Å². The summed E-state index contributed by atoms with van der Waals surface area (Å²) in [5.74, 6) is -0.197. The summed E-state index contributed by atoms with van der Waals surface area (Å²) < 4.78 is 0. The first-order valence-corrected chi connectivity index (χ1v) is 6.82. The number of carbonyl (C=O) groups is 1. The summed E-state index contributed by atoms with van der Waals surface area (Å²) in [6.45, 7) is 9.24. The highest BCUT2D eigenvalue weighted by Gasteiger charge is 2.39. The number of amides is 1. The van der Waals surface area contributed by atoms with Crippen LogP contribution < -0.4 is 11.1 Å². The van der Waals surface area contributed by atoms with Gasteiger partial charge in [-0.2, -0.15) is 0 Å². The lowest BCUT2D eigenvalue weighted by atomic mass is 9.80. The first-order chi connectivity index (χ1) is 8.85. The van der Waals surface area contributed by atoms with Crippen molar-refractivity contribution in [1.29, 1.82) is 0 Å². The molecule has 0 rings (SSSR count). The highest BCUT2D eigenvalue weighted by molar-refractivity contribution is 6.06. The molecule has 6 nitrogen and oxygen atoms in total. The second-order valence-corrected chi connectivity index (χ2v) is 5.10. The fourth-order valence-corrected chi connectivity index (χ4v) is 1.92. The van der Waals surface area contributed by atoms with Crippen LogP contribution in [0.1, 0.15) is 40.5 Å². The van der Waals surface area contributed by atoms with E-state index in [2.05, 4.69) is 29.2 Å². The maximum absolute atomic E-state index is 12.3. The fraction of sp³-hybridized carbons (Fsp3) is 0.846. The normalized spacial score (nSPS) is 13.1. The van der Waals surface area contributed by atoms with Crippen molar-refractivity contribution in [1.82, 2.24) is 10.2 Å². The Bertz CT molecular complexity index is 312. The Kier molecular flexibility index (Phi) is 7.44. The van der Waals surface area contributed by atoms with Crippen molar-refractivity contribution in [3.63, 3.8) is 0 Å². The van der Waals surface area contributed by atoms with Gasteiger partial charge in [0.05, 0.1) is 0 Å². The fourth-order valence-electron chi connectivity index (χ4n) is 1.92. The third-order valence-corrected chi connectivity index (χ3v) is 3.87. The van der Waals surface area contributed by atoms with Crippen LogP contribution in [0.4, 0.5) is 0 Å². The van der Waals surface area contributed by atoms with Crippen LogP contribution in [-0.4, -0.2) is 48.0 Å². The zero-order valence-electron chi connectivity index (χ0n) is 12.7. The number of nitrogens with one attached hydrogen (secondary N) is 1. The third kappa shape index (κ3) is 4.38. The molecule has 6 heteroatoms. The predicted octanol–water partition coefficient (Wildman–Crippen LogP) is 0.996. The quantitative estimate of drug-likeness (QED) is 0.266. The maximum Gasteiger partial charge on any atom is 0.233 e. The molecule has 0 heterocycles. The summed E-state index contributed by atoms with van der Waals surface area (Å²) in [6, 6.07) is 0.433. The Labute approximate surface area is 116 Å². The summed E-state index contributed by atoms with van der Waals surface area (Å²) in [4.78, 5) is 14.4. The number of hydrogen-bond donors (Lipinski definition) is 3. The topological polar surface area (TPSA) is 91.0 Å². The highest BCUT2D eigenvalue weighted by Crippen LogP contribution is 2.26. The molecule has 0 saturated carbocycles. The van der Waals surface area contributed by atoms with Crippen LogP contribution in [0, 0.1) is 5.41 Å². The molecule has 0 bridgehead atoms. The average molecular weight is 272 g/mol. The molecule has 19 heavy (non-hydrogen) atoms. The Hall–Kier alpha value is -1.30. The molecule has 0 fully saturated rings. The van der Waals surface area contributed by atoms with Crippen LogP contribution in [0.25, 0.3) is 0 Å². The van der Waals surface area contributed by atoms with E-state index < -0.39 is 5.41 Å². The van der Waals surface area contributed by atoms with Gasteiger partial charge in [-0.25, -0.2) is 0 Å². The monoisotopic (exact) mass is 272 g/mol. The lowest BCUT2D eigenvalue weighted by Gasteiger charge is -2.29. The van der Waals surface area contributed by atoms with Crippen LogP contribution in [0.3, 0.4) is 0 Å². The van der Waals surface area contributed by atoms with Crippen molar-refractivity contribution >= 4 is 11.7 Å². The molecule has 0 aliphatic heterocycles. The number of nitrogens with two attached hydrogens (primary N) is 1. The minimum absolute atomic E-state index is 0.0211. The predicted molar refractivity (Wildman–Crippen MR) is 77.2 cm³/mol. The molecule has 1 amide bonds. The van der Waals surface area contributed by atoms with E-state index >= 15 is 0 Å². The Balaban J connectivity index is 4.60. The molecule has 0 unspecified atom stereocenters. The van der Waals surface area contributed by atoms with Gasteiger partial charge in [0, 0.05) is 19.1 Å². The van der Waals surface area contributed by atoms with E-state index in [0.717, 1.165) is 6.54 Å². The largest absolute Gasteiger partial charge is 0.409 e. The number of carbonyl (C=O) groups excluding carboxylic acids is 1. The molecule has 0 saturated heterocycles. The van der Waals surface area contributed by atoms with Gasteiger partial charge in [0.1, 0.15) is 5.41 Å². The van der Waals surface area contributed by atoms with E-state index in [0.29, 0.717) is 25.4 Å². The molecule has 0 aliphatic rings. The molecule has 0 radical (unpaired) electrons. The standard InChI is InChI=1S/C13H28N4O2/c1-6-13(7-2,11(14)16-19)12(18)15-8-9-17(5)10(3)4/h10,19H,6-9H2,1-5H3,(H2,14,16)(H,15,18). The SMILES string of the molecule is CCC(CC)(C(=O)NCCN(C)C(C)C)C(N)=NO. The number of rotatable bonds is 8. The van der Waals surface area contributed by atoms with E-state index in [9.17, 15) is 4.79 Å². The van der Waals surface area contributed by atoms with Gasteiger partial charge >= 0.3 is 0 Å². The molecule has 0 aromatic carbocycles. The van der Waals surface area contributed by atoms with Gasteiger partial charge in [-0.3, -0.25) is 4.79 Å². The third-order valence-electron chi connectivity index (χ3n) is 3.87. The van der Waals surface area contributed by atoms with Crippen LogP contribution in [0.2, 0.25) is 0 Å². The molecular weight excluding hydrogens is 244 g/mol. The number of nitrogens with zero attached hydrogens (tertiary/aromatic N) is 2. The van der Waals surface area contributed by atoms with E-state index in [1.54, 1.807) is 0 Å². The summed E-state index contributed by atoms with van der Waals surface area (Å²) in [6.07, 6.45) is 1.01. The lowest BCUT2D eigenvalue weighted by Crippen LogP contribution is -2.50. The van der Waals surface area contributed by atoms with Crippen molar-refractivity contribution in [3.05, 3.63) is 0 Å². The van der Waals surface area contributed by atoms with Gasteiger partial charge < -0.3 is 21.2 Å². The lowest BCUT2D eigenvalue weighted by molar-refractivity contribution is -0.128. The van der Waals surface area contributed by atoms with E-state index in [-0.39, 0.29) is 11.7 Å². The van der Waals surface area contributed by atoms with Crippen molar-refractivity contribution < 1.29 is 10.0 Å². The summed E-state index contributed by atoms with van der Waals surface area (Å²) >= 11 is 0. The van der Waals surface area contributed by atoms with Gasteiger partial charge in [-0.1, -0.05) is 19.0 Å². The molecule has 0 atom stereocenters. The first kappa shape index (κ1) is 17.7. The van der Waals surface area contributed by atoms with Crippen molar-refractivity contribution in [2.45, 2.75) is 46.6 Å². The summed E-state index contributed by atoms with van der Waals surface area (Å²) in [5.41, 5.74) is 4.77. The van der Waals surface area contributed by atoms with Crippen LogP contribution >= 0.6 is 0 Å². The van der Waals surface area contributed by atoms with Gasteiger partial charge in [-0.05, 0) is 33.7 Å². The van der Waals surface area contributed by atoms with Crippen LogP contribution in [-0.2, 0) is 4.79 Å². The zero-order chi connectivity index (χ0) is 15.1. The van der Waals surface area contributed by atoms with E-state index in [1.807, 2.05) is 20.9 Å². The Morgan fingerprint density at radius 1 is 1.42 bits per heavy atom. The van der Waals surface area contributed by atoms with Gasteiger partial charge in [-0.15, -0.1) is 0 Å². The smallest absolute Gasteiger partial charge is 0.233 e. The average Bonchev–Trinajstić information content (AvgIpc) is 2.40. The van der Waals surface area contributed by atoms with Crippen molar-refractivity contribution in [3.8, 4) is 0 Å². The molecule has 0 spiro atoms. The number of amidine groups is 1. The molecule has 0 aliphatic carbocycles. The molecular formula is C13H28N4O2. The summed E-state index contributed by atoms with van der Waals surface area (Å²) in [5, 5.41) is 14.7. The van der Waals surface area contributed by atoms with Gasteiger partial charge in [0.15, 0.2) is 5.84 Å². The van der Waals surface area contributed by atoms with E-state index in [1.165, 1.54) is 0 Å². The molecule has 4 N–H and O–H groups in total. The second-order valence-electron chi connectivity index (χ2n) is 5.10. The van der Waals surface area contributed by atoms with Crippen molar-refractivity contribution in [2.24, 2.45) is 16.3 Å². The Morgan fingerprint density at radius 2 is 1.95 bits per heavy atom. The van der Waals surface area contributed by atoms with Crippen molar-refractivity contribution in [2.75, 3.05) is 20.1 Å².